The normalized spacial score (nSPS) is 10.5. The summed E-state index contributed by atoms with van der Waals surface area (Å²) < 4.78 is 24.6. The Morgan fingerprint density at radius 1 is 1.26 bits per heavy atom. The van der Waals surface area contributed by atoms with Gasteiger partial charge in [-0.25, -0.2) is 19.3 Å². The van der Waals surface area contributed by atoms with Gasteiger partial charge in [-0.2, -0.15) is 0 Å². The molecule has 4 aromatic rings. The highest BCUT2D eigenvalue weighted by Gasteiger charge is 2.18. The average Bonchev–Trinajstić information content (AvgIpc) is 3.28. The van der Waals surface area contributed by atoms with Crippen LogP contribution < -0.4 is 21.1 Å². The Kier molecular flexibility index (Phi) is 6.69. The molecule has 0 atom stereocenters. The third-order valence-corrected chi connectivity index (χ3v) is 4.79. The molecular formula is C23H18ClFN6O3. The van der Waals surface area contributed by atoms with Crippen molar-refractivity contribution in [2.24, 2.45) is 0 Å². The molecule has 0 spiro atoms. The van der Waals surface area contributed by atoms with Crippen molar-refractivity contribution in [1.82, 2.24) is 20.3 Å². The van der Waals surface area contributed by atoms with Crippen LogP contribution in [0.3, 0.4) is 0 Å². The van der Waals surface area contributed by atoms with Crippen LogP contribution in [0.1, 0.15) is 5.69 Å². The van der Waals surface area contributed by atoms with E-state index in [-0.39, 0.29) is 29.2 Å². The molecule has 0 saturated heterocycles. The summed E-state index contributed by atoms with van der Waals surface area (Å²) in [6.07, 6.45) is 3.84. The fraction of sp³-hybridized carbons (Fsp3) is 0.0435. The van der Waals surface area contributed by atoms with Gasteiger partial charge in [0.2, 0.25) is 11.8 Å². The lowest BCUT2D eigenvalue weighted by molar-refractivity contribution is -0.116. The van der Waals surface area contributed by atoms with Gasteiger partial charge in [0, 0.05) is 11.8 Å². The SMILES string of the molecule is C=CC(=O)NCc1coc(-c2c(N)ncnc2Nc2ccc(Oc3cccc(F)c3)c(Cl)c2)n1. The van der Waals surface area contributed by atoms with E-state index < -0.39 is 5.82 Å². The minimum absolute atomic E-state index is 0.137. The molecule has 0 unspecified atom stereocenters. The largest absolute Gasteiger partial charge is 0.456 e. The summed E-state index contributed by atoms with van der Waals surface area (Å²) in [6, 6.07) is 10.7. The molecule has 0 bridgehead atoms. The van der Waals surface area contributed by atoms with Gasteiger partial charge in [0.15, 0.2) is 0 Å². The third-order valence-electron chi connectivity index (χ3n) is 4.49. The molecule has 4 rings (SSSR count). The predicted molar refractivity (Wildman–Crippen MR) is 125 cm³/mol. The van der Waals surface area contributed by atoms with Crippen LogP contribution in [-0.2, 0) is 11.3 Å². The van der Waals surface area contributed by atoms with E-state index in [2.05, 4.69) is 32.2 Å². The molecular weight excluding hydrogens is 463 g/mol. The van der Waals surface area contributed by atoms with Gasteiger partial charge in [-0.05, 0) is 36.4 Å². The maximum absolute atomic E-state index is 13.4. The number of rotatable bonds is 8. The molecule has 0 fully saturated rings. The molecule has 34 heavy (non-hydrogen) atoms. The molecule has 9 nitrogen and oxygen atoms in total. The molecule has 1 amide bonds. The van der Waals surface area contributed by atoms with Crippen molar-refractivity contribution in [3.63, 3.8) is 0 Å². The fourth-order valence-corrected chi connectivity index (χ4v) is 3.13. The number of amides is 1. The Morgan fingerprint density at radius 2 is 2.12 bits per heavy atom. The first-order chi connectivity index (χ1) is 16.4. The monoisotopic (exact) mass is 480 g/mol. The number of hydrogen-bond acceptors (Lipinski definition) is 8. The zero-order chi connectivity index (χ0) is 24.1. The quantitative estimate of drug-likeness (QED) is 0.305. The first kappa shape index (κ1) is 22.7. The molecule has 0 aliphatic carbocycles. The zero-order valence-corrected chi connectivity index (χ0v) is 18.3. The van der Waals surface area contributed by atoms with Crippen LogP contribution in [0, 0.1) is 5.82 Å². The zero-order valence-electron chi connectivity index (χ0n) is 17.6. The van der Waals surface area contributed by atoms with Crippen molar-refractivity contribution in [3.8, 4) is 23.0 Å². The highest BCUT2D eigenvalue weighted by atomic mass is 35.5. The van der Waals surface area contributed by atoms with E-state index in [0.29, 0.717) is 34.3 Å². The lowest BCUT2D eigenvalue weighted by atomic mass is 10.2. The van der Waals surface area contributed by atoms with Crippen LogP contribution in [-0.4, -0.2) is 20.9 Å². The number of carbonyl (C=O) groups is 1. The molecule has 0 aliphatic heterocycles. The Labute approximate surface area is 198 Å². The van der Waals surface area contributed by atoms with E-state index in [9.17, 15) is 9.18 Å². The minimum Gasteiger partial charge on any atom is -0.456 e. The van der Waals surface area contributed by atoms with Gasteiger partial charge in [0.1, 0.15) is 47.1 Å². The molecule has 11 heteroatoms. The summed E-state index contributed by atoms with van der Waals surface area (Å²) >= 11 is 6.36. The van der Waals surface area contributed by atoms with Gasteiger partial charge in [-0.1, -0.05) is 24.2 Å². The highest BCUT2D eigenvalue weighted by Crippen LogP contribution is 2.35. The summed E-state index contributed by atoms with van der Waals surface area (Å²) in [5.41, 5.74) is 7.44. The summed E-state index contributed by atoms with van der Waals surface area (Å²) in [4.78, 5) is 24.0. The number of carbonyl (C=O) groups excluding carboxylic acids is 1. The molecule has 2 aromatic heterocycles. The van der Waals surface area contributed by atoms with Crippen molar-refractivity contribution in [1.29, 1.82) is 0 Å². The second-order valence-electron chi connectivity index (χ2n) is 6.88. The number of hydrogen-bond donors (Lipinski definition) is 3. The molecule has 0 saturated carbocycles. The molecule has 172 valence electrons. The van der Waals surface area contributed by atoms with Crippen LogP contribution in [0.15, 0.2) is 72.1 Å². The number of ether oxygens (including phenoxy) is 1. The van der Waals surface area contributed by atoms with E-state index in [1.807, 2.05) is 0 Å². The van der Waals surface area contributed by atoms with Crippen LogP contribution in [0.2, 0.25) is 5.02 Å². The van der Waals surface area contributed by atoms with E-state index >= 15 is 0 Å². The number of anilines is 3. The van der Waals surface area contributed by atoms with E-state index in [0.717, 1.165) is 6.08 Å². The van der Waals surface area contributed by atoms with E-state index in [1.165, 1.54) is 30.8 Å². The van der Waals surface area contributed by atoms with Crippen LogP contribution in [0.25, 0.3) is 11.5 Å². The number of aromatic nitrogens is 3. The molecule has 4 N–H and O–H groups in total. The standard InChI is InChI=1S/C23H18ClFN6O3/c1-2-19(32)27-10-15-11-33-23(31-15)20-21(26)28-12-29-22(20)30-14-6-7-18(17(24)9-14)34-16-5-3-4-13(25)8-16/h2-9,11-12H,1,10H2,(H,27,32)(H3,26,28,29,30). The van der Waals surface area contributed by atoms with Gasteiger partial charge < -0.3 is 25.5 Å². The van der Waals surface area contributed by atoms with Crippen molar-refractivity contribution in [3.05, 3.63) is 84.2 Å². The first-order valence-electron chi connectivity index (χ1n) is 9.88. The number of nitrogen functional groups attached to an aromatic ring is 1. The molecule has 2 aromatic carbocycles. The van der Waals surface area contributed by atoms with Crippen molar-refractivity contribution in [2.45, 2.75) is 6.54 Å². The fourth-order valence-electron chi connectivity index (χ4n) is 2.91. The second kappa shape index (κ2) is 10.0. The number of benzene rings is 2. The lowest BCUT2D eigenvalue weighted by Gasteiger charge is -2.12. The van der Waals surface area contributed by atoms with Crippen molar-refractivity contribution < 1.29 is 18.3 Å². The maximum Gasteiger partial charge on any atom is 0.243 e. The van der Waals surface area contributed by atoms with Crippen LogP contribution in [0.5, 0.6) is 11.5 Å². The lowest BCUT2D eigenvalue weighted by Crippen LogP contribution is -2.20. The summed E-state index contributed by atoms with van der Waals surface area (Å²) in [7, 11) is 0. The Hall–Kier alpha value is -4.44. The van der Waals surface area contributed by atoms with Gasteiger partial charge in [0.05, 0.1) is 17.3 Å². The molecule has 0 aliphatic rings. The Bertz CT molecular complexity index is 1360. The second-order valence-corrected chi connectivity index (χ2v) is 7.29. The van der Waals surface area contributed by atoms with Crippen LogP contribution in [0.4, 0.5) is 21.7 Å². The van der Waals surface area contributed by atoms with Gasteiger partial charge >= 0.3 is 0 Å². The molecule has 0 radical (unpaired) electrons. The van der Waals surface area contributed by atoms with Gasteiger partial charge in [0.25, 0.3) is 0 Å². The van der Waals surface area contributed by atoms with Gasteiger partial charge in [-0.3, -0.25) is 4.79 Å². The van der Waals surface area contributed by atoms with Crippen molar-refractivity contribution >= 4 is 34.8 Å². The smallest absolute Gasteiger partial charge is 0.243 e. The van der Waals surface area contributed by atoms with Gasteiger partial charge in [-0.15, -0.1) is 0 Å². The predicted octanol–water partition coefficient (Wildman–Crippen LogP) is 4.84. The topological polar surface area (TPSA) is 128 Å². The van der Waals surface area contributed by atoms with E-state index in [1.54, 1.807) is 24.3 Å². The number of nitrogens with one attached hydrogen (secondary N) is 2. The van der Waals surface area contributed by atoms with E-state index in [4.69, 9.17) is 26.5 Å². The first-order valence-corrected chi connectivity index (χ1v) is 10.3. The number of nitrogens with two attached hydrogens (primary N) is 1. The Morgan fingerprint density at radius 3 is 2.88 bits per heavy atom. The maximum atomic E-state index is 13.4. The van der Waals surface area contributed by atoms with Crippen molar-refractivity contribution in [2.75, 3.05) is 11.1 Å². The third kappa shape index (κ3) is 5.30. The highest BCUT2D eigenvalue weighted by molar-refractivity contribution is 6.32. The van der Waals surface area contributed by atoms with Crippen LogP contribution >= 0.6 is 11.6 Å². The summed E-state index contributed by atoms with van der Waals surface area (Å²) in [5.74, 6) is 0.538. The number of halogens is 2. The molecule has 2 heterocycles. The number of oxazole rings is 1. The summed E-state index contributed by atoms with van der Waals surface area (Å²) in [6.45, 7) is 3.54. The number of nitrogens with zero attached hydrogens (tertiary/aromatic N) is 3. The Balaban J connectivity index is 1.55. The summed E-state index contributed by atoms with van der Waals surface area (Å²) in [5, 5.41) is 6.00. The minimum atomic E-state index is -0.418. The average molecular weight is 481 g/mol.